The van der Waals surface area contributed by atoms with Gasteiger partial charge in [-0.25, -0.2) is 9.97 Å². The van der Waals surface area contributed by atoms with Crippen molar-refractivity contribution in [2.45, 2.75) is 20.8 Å². The normalized spacial score (nSPS) is 9.97. The number of hydrogen-bond acceptors (Lipinski definition) is 6. The molecule has 10 heteroatoms. The van der Waals surface area contributed by atoms with Crippen LogP contribution in [0.2, 0.25) is 0 Å². The Kier molecular flexibility index (Phi) is 8.22. The van der Waals surface area contributed by atoms with E-state index in [-0.39, 0.29) is 12.2 Å². The molecule has 10 nitrogen and oxygen atoms in total. The average molecular weight is 403 g/mol. The van der Waals surface area contributed by atoms with Gasteiger partial charge in [-0.2, -0.15) is 0 Å². The predicted molar refractivity (Wildman–Crippen MR) is 109 cm³/mol. The van der Waals surface area contributed by atoms with Crippen molar-refractivity contribution in [1.82, 2.24) is 19.9 Å². The molecule has 3 rings (SSSR count). The van der Waals surface area contributed by atoms with Crippen LogP contribution >= 0.6 is 0 Å². The molecule has 0 radical (unpaired) electrons. The number of aromatic nitrogens is 3. The Bertz CT molecular complexity index is 1050. The second-order valence-corrected chi connectivity index (χ2v) is 6.20. The number of aryl methyl sites for hydroxylation is 3. The number of rotatable bonds is 3. The van der Waals surface area contributed by atoms with E-state index in [9.17, 15) is 9.59 Å². The van der Waals surface area contributed by atoms with Gasteiger partial charge in [0.05, 0.1) is 17.6 Å². The first kappa shape index (κ1) is 23.5. The Balaban J connectivity index is 0.000000353. The second kappa shape index (κ2) is 10.1. The molecular weight excluding hydrogens is 378 g/mol. The van der Waals surface area contributed by atoms with Gasteiger partial charge in [-0.15, -0.1) is 0 Å². The maximum atomic E-state index is 11.6. The van der Waals surface area contributed by atoms with Crippen LogP contribution in [-0.2, 0) is 16.6 Å². The third-order valence-electron chi connectivity index (χ3n) is 3.74. The van der Waals surface area contributed by atoms with E-state index in [1.54, 1.807) is 7.05 Å². The molecule has 156 valence electrons. The molecule has 3 aromatic rings. The lowest BCUT2D eigenvalue weighted by Gasteiger charge is -2.05. The second-order valence-electron chi connectivity index (χ2n) is 6.20. The summed E-state index contributed by atoms with van der Waals surface area (Å²) in [6.45, 7) is 5.04. The van der Waals surface area contributed by atoms with Crippen LogP contribution in [0.15, 0.2) is 18.2 Å². The topological polar surface area (TPSA) is 160 Å². The number of carbonyl (C=O) groups excluding carboxylic acids is 1. The summed E-state index contributed by atoms with van der Waals surface area (Å²) in [5.74, 6) is -1.38. The van der Waals surface area contributed by atoms with Crippen LogP contribution in [0.4, 0.5) is 0 Å². The highest BCUT2D eigenvalue weighted by Crippen LogP contribution is 2.27. The van der Waals surface area contributed by atoms with Gasteiger partial charge < -0.3 is 25.8 Å². The fraction of sp³-hybridized carbons (Fsp3) is 0.316. The van der Waals surface area contributed by atoms with Gasteiger partial charge in [0.1, 0.15) is 11.3 Å². The lowest BCUT2D eigenvalue weighted by molar-refractivity contribution is -0.136. The van der Waals surface area contributed by atoms with Crippen LogP contribution in [0.5, 0.6) is 0 Å². The van der Waals surface area contributed by atoms with Crippen LogP contribution in [0.3, 0.4) is 0 Å². The molecule has 1 amide bonds. The smallest absolute Gasteiger partial charge is 0.317 e. The largest absolute Gasteiger partial charge is 0.481 e. The molecular formula is C19H25N5O5. The number of aliphatic carboxylic acids is 2. The van der Waals surface area contributed by atoms with Gasteiger partial charge in [0.2, 0.25) is 0 Å². The van der Waals surface area contributed by atoms with Crippen molar-refractivity contribution in [3.05, 3.63) is 35.3 Å². The van der Waals surface area contributed by atoms with Gasteiger partial charge >= 0.3 is 5.97 Å². The summed E-state index contributed by atoms with van der Waals surface area (Å²) in [5.41, 5.74) is 9.02. The molecule has 0 aliphatic rings. The molecule has 0 spiro atoms. The van der Waals surface area contributed by atoms with Crippen molar-refractivity contribution < 1.29 is 24.6 Å². The molecule has 0 fully saturated rings. The number of benzene rings is 1. The SMILES string of the molecule is CC(=O)O.CNCC(=O)O.Cc1ccc2nc(C(N)=O)c3nc(C)n(C)c3c2c1. The summed E-state index contributed by atoms with van der Waals surface area (Å²) in [5, 5.41) is 18.7. The number of amides is 1. The number of imidazole rings is 1. The van der Waals surface area contributed by atoms with Crippen molar-refractivity contribution in [2.24, 2.45) is 12.8 Å². The number of carboxylic acids is 2. The minimum atomic E-state index is -0.833. The number of nitrogens with one attached hydrogen (secondary N) is 1. The number of pyridine rings is 1. The van der Waals surface area contributed by atoms with E-state index in [0.717, 1.165) is 34.7 Å². The lowest BCUT2D eigenvalue weighted by atomic mass is 10.1. The fourth-order valence-corrected chi connectivity index (χ4v) is 2.52. The zero-order chi connectivity index (χ0) is 22.3. The molecule has 0 aliphatic carbocycles. The van der Waals surface area contributed by atoms with Crippen molar-refractivity contribution >= 4 is 39.8 Å². The third-order valence-corrected chi connectivity index (χ3v) is 3.74. The Morgan fingerprint density at radius 1 is 1.17 bits per heavy atom. The van der Waals surface area contributed by atoms with E-state index < -0.39 is 17.8 Å². The van der Waals surface area contributed by atoms with Crippen LogP contribution in [0.1, 0.15) is 28.8 Å². The highest BCUT2D eigenvalue weighted by molar-refractivity contribution is 6.11. The molecule has 0 saturated carbocycles. The maximum Gasteiger partial charge on any atom is 0.317 e. The quantitative estimate of drug-likeness (QED) is 0.507. The molecule has 5 N–H and O–H groups in total. The summed E-state index contributed by atoms with van der Waals surface area (Å²) in [6.07, 6.45) is 0. The van der Waals surface area contributed by atoms with E-state index in [4.69, 9.17) is 20.7 Å². The Morgan fingerprint density at radius 3 is 2.21 bits per heavy atom. The van der Waals surface area contributed by atoms with E-state index in [1.165, 1.54) is 0 Å². The van der Waals surface area contributed by atoms with Gasteiger partial charge in [-0.1, -0.05) is 11.6 Å². The summed E-state index contributed by atoms with van der Waals surface area (Å²) >= 11 is 0. The highest BCUT2D eigenvalue weighted by atomic mass is 16.4. The van der Waals surface area contributed by atoms with E-state index >= 15 is 0 Å². The number of fused-ring (bicyclic) bond motifs is 3. The predicted octanol–water partition coefficient (Wildman–Crippen LogP) is 1.22. The van der Waals surface area contributed by atoms with Crippen LogP contribution in [-0.4, -0.2) is 56.2 Å². The van der Waals surface area contributed by atoms with Crippen molar-refractivity contribution in [3.63, 3.8) is 0 Å². The van der Waals surface area contributed by atoms with Gasteiger partial charge in [0.25, 0.3) is 11.9 Å². The standard InChI is InChI=1S/C14H14N4O.C3H7NO2.C2H4O2/c1-7-4-5-10-9(6-7)13-11(12(17-10)14(15)19)16-8(2)18(13)3;1-4-2-3(5)6;1-2(3)4/h4-6H,1-3H3,(H2,15,19);4H,2H2,1H3,(H,5,6);1H3,(H,3,4). The Hall–Kier alpha value is -3.53. The monoisotopic (exact) mass is 403 g/mol. The summed E-state index contributed by atoms with van der Waals surface area (Å²) in [6, 6.07) is 5.92. The summed E-state index contributed by atoms with van der Waals surface area (Å²) in [7, 11) is 3.52. The molecule has 0 aliphatic heterocycles. The van der Waals surface area contributed by atoms with Crippen LogP contribution in [0.25, 0.3) is 21.9 Å². The zero-order valence-electron chi connectivity index (χ0n) is 17.0. The Morgan fingerprint density at radius 2 is 1.76 bits per heavy atom. The number of likely N-dealkylation sites (N-methyl/N-ethyl adjacent to an activating group) is 1. The first-order valence-corrected chi connectivity index (χ1v) is 8.58. The van der Waals surface area contributed by atoms with E-state index in [0.29, 0.717) is 5.52 Å². The number of primary amides is 1. The fourth-order valence-electron chi connectivity index (χ4n) is 2.52. The number of hydrogen-bond donors (Lipinski definition) is 4. The van der Waals surface area contributed by atoms with Gasteiger partial charge in [0.15, 0.2) is 5.69 Å². The van der Waals surface area contributed by atoms with Crippen molar-refractivity contribution in [3.8, 4) is 0 Å². The van der Waals surface area contributed by atoms with Gasteiger partial charge in [-0.3, -0.25) is 14.4 Å². The zero-order valence-corrected chi connectivity index (χ0v) is 17.0. The number of carboxylic acid groups (broad SMARTS) is 2. The van der Waals surface area contributed by atoms with Crippen molar-refractivity contribution in [2.75, 3.05) is 13.6 Å². The maximum absolute atomic E-state index is 11.6. The molecule has 29 heavy (non-hydrogen) atoms. The summed E-state index contributed by atoms with van der Waals surface area (Å²) in [4.78, 5) is 38.9. The highest BCUT2D eigenvalue weighted by Gasteiger charge is 2.17. The molecule has 2 aromatic heterocycles. The molecule has 0 unspecified atom stereocenters. The summed E-state index contributed by atoms with van der Waals surface area (Å²) < 4.78 is 1.96. The van der Waals surface area contributed by atoms with E-state index in [1.807, 2.05) is 37.6 Å². The molecule has 0 bridgehead atoms. The average Bonchev–Trinajstić information content (AvgIpc) is 2.89. The Labute approximate surface area is 167 Å². The number of nitrogens with zero attached hydrogens (tertiary/aromatic N) is 3. The first-order chi connectivity index (χ1) is 13.5. The minimum Gasteiger partial charge on any atom is -0.481 e. The molecule has 1 aromatic carbocycles. The first-order valence-electron chi connectivity index (χ1n) is 8.58. The minimum absolute atomic E-state index is 0.0417. The molecule has 0 saturated heterocycles. The van der Waals surface area contributed by atoms with Crippen molar-refractivity contribution in [1.29, 1.82) is 0 Å². The molecule has 2 heterocycles. The van der Waals surface area contributed by atoms with Crippen LogP contribution in [0, 0.1) is 13.8 Å². The van der Waals surface area contributed by atoms with Crippen LogP contribution < -0.4 is 11.1 Å². The van der Waals surface area contributed by atoms with Gasteiger partial charge in [-0.05, 0) is 33.0 Å². The number of nitrogens with two attached hydrogens (primary N) is 1. The van der Waals surface area contributed by atoms with E-state index in [2.05, 4.69) is 21.4 Å². The number of carbonyl (C=O) groups is 3. The van der Waals surface area contributed by atoms with Gasteiger partial charge in [0, 0.05) is 19.4 Å². The third kappa shape index (κ3) is 6.25. The lowest BCUT2D eigenvalue weighted by Crippen LogP contribution is -2.16. The molecule has 0 atom stereocenters.